The molecule has 0 bridgehead atoms. The molecule has 0 saturated carbocycles. The molecule has 6 heteroatoms. The van der Waals surface area contributed by atoms with Crippen molar-refractivity contribution in [2.24, 2.45) is 0 Å². The molecule has 1 atom stereocenters. The Balaban J connectivity index is 2.10. The zero-order valence-electron chi connectivity index (χ0n) is 9.19. The fourth-order valence-electron chi connectivity index (χ4n) is 1.55. The number of rotatable bonds is 3. The van der Waals surface area contributed by atoms with Crippen molar-refractivity contribution in [3.63, 3.8) is 0 Å². The van der Waals surface area contributed by atoms with Crippen LogP contribution in [0, 0.1) is 0 Å². The molecule has 2 rings (SSSR count). The molecule has 2 aromatic rings. The van der Waals surface area contributed by atoms with Gasteiger partial charge in [-0.2, -0.15) is 13.2 Å². The summed E-state index contributed by atoms with van der Waals surface area (Å²) >= 11 is 1.40. The minimum Gasteiger partial charge on any atom is -0.388 e. The van der Waals surface area contributed by atoms with Crippen LogP contribution in [0.2, 0.25) is 0 Å². The van der Waals surface area contributed by atoms with Crippen molar-refractivity contribution in [3.05, 3.63) is 52.0 Å². The van der Waals surface area contributed by atoms with Gasteiger partial charge in [0.05, 0.1) is 17.2 Å². The van der Waals surface area contributed by atoms with Crippen molar-refractivity contribution < 1.29 is 18.3 Å². The van der Waals surface area contributed by atoms with Crippen LogP contribution in [0.5, 0.6) is 0 Å². The molecule has 1 N–H and O–H groups in total. The van der Waals surface area contributed by atoms with E-state index < -0.39 is 17.8 Å². The average Bonchev–Trinajstić information content (AvgIpc) is 2.81. The molecule has 96 valence electrons. The van der Waals surface area contributed by atoms with Crippen LogP contribution in [0.1, 0.15) is 22.1 Å². The van der Waals surface area contributed by atoms with Crippen molar-refractivity contribution in [3.8, 4) is 0 Å². The second kappa shape index (κ2) is 5.07. The fraction of sp³-hybridized carbons (Fsp3) is 0.250. The lowest BCUT2D eigenvalue weighted by Crippen LogP contribution is -2.06. The number of hydrogen-bond donors (Lipinski definition) is 1. The first-order chi connectivity index (χ1) is 8.47. The number of benzene rings is 1. The van der Waals surface area contributed by atoms with Crippen LogP contribution in [-0.2, 0) is 12.6 Å². The van der Waals surface area contributed by atoms with Crippen molar-refractivity contribution in [2.45, 2.75) is 18.7 Å². The van der Waals surface area contributed by atoms with Crippen LogP contribution in [0.15, 0.2) is 36.0 Å². The summed E-state index contributed by atoms with van der Waals surface area (Å²) in [5, 5.41) is 9.88. The molecule has 1 aromatic heterocycles. The number of nitrogens with zero attached hydrogens (tertiary/aromatic N) is 1. The Morgan fingerprint density at radius 2 is 1.89 bits per heavy atom. The maximum Gasteiger partial charge on any atom is 0.416 e. The van der Waals surface area contributed by atoms with E-state index in [0.29, 0.717) is 12.0 Å². The van der Waals surface area contributed by atoms with Gasteiger partial charge in [-0.25, -0.2) is 0 Å². The van der Waals surface area contributed by atoms with Crippen molar-refractivity contribution in [2.75, 3.05) is 0 Å². The molecule has 0 fully saturated rings. The summed E-state index contributed by atoms with van der Waals surface area (Å²) in [6.07, 6.45) is -3.16. The SMILES string of the molecule is OC(Cc1cncs1)c1ccc(C(F)(F)F)cc1. The predicted octanol–water partition coefficient (Wildman–Crippen LogP) is 3.44. The summed E-state index contributed by atoms with van der Waals surface area (Å²) in [6.45, 7) is 0. The maximum atomic E-state index is 12.4. The number of hydrogen-bond acceptors (Lipinski definition) is 3. The van der Waals surface area contributed by atoms with E-state index >= 15 is 0 Å². The molecule has 2 nitrogen and oxygen atoms in total. The van der Waals surface area contributed by atoms with Crippen LogP contribution in [0.3, 0.4) is 0 Å². The standard InChI is InChI=1S/C12H10F3NOS/c13-12(14,15)9-3-1-8(2-4-9)11(17)5-10-6-16-7-18-10/h1-4,6-7,11,17H,5H2. The van der Waals surface area contributed by atoms with Crippen molar-refractivity contribution in [1.29, 1.82) is 0 Å². The van der Waals surface area contributed by atoms with E-state index in [2.05, 4.69) is 4.98 Å². The van der Waals surface area contributed by atoms with Crippen LogP contribution < -0.4 is 0 Å². The zero-order chi connectivity index (χ0) is 13.2. The van der Waals surface area contributed by atoms with Crippen molar-refractivity contribution in [1.82, 2.24) is 4.98 Å². The van der Waals surface area contributed by atoms with E-state index in [9.17, 15) is 18.3 Å². The Kier molecular flexibility index (Phi) is 3.68. The van der Waals surface area contributed by atoms with E-state index in [1.807, 2.05) is 0 Å². The molecule has 1 aromatic carbocycles. The molecule has 0 saturated heterocycles. The highest BCUT2D eigenvalue weighted by molar-refractivity contribution is 7.09. The monoisotopic (exact) mass is 273 g/mol. The number of halogens is 3. The van der Waals surface area contributed by atoms with Gasteiger partial charge >= 0.3 is 6.18 Å². The van der Waals surface area contributed by atoms with Crippen LogP contribution in [0.4, 0.5) is 13.2 Å². The lowest BCUT2D eigenvalue weighted by atomic mass is 10.0. The molecule has 1 unspecified atom stereocenters. The first-order valence-electron chi connectivity index (χ1n) is 5.19. The van der Waals surface area contributed by atoms with E-state index in [-0.39, 0.29) is 0 Å². The molecule has 0 radical (unpaired) electrons. The first-order valence-corrected chi connectivity index (χ1v) is 6.07. The summed E-state index contributed by atoms with van der Waals surface area (Å²) in [6, 6.07) is 4.56. The topological polar surface area (TPSA) is 33.1 Å². The minimum absolute atomic E-state index is 0.357. The Bertz CT molecular complexity index is 493. The van der Waals surface area contributed by atoms with Gasteiger partial charge in [0.2, 0.25) is 0 Å². The summed E-state index contributed by atoms with van der Waals surface area (Å²) < 4.78 is 37.1. The molecular formula is C12H10F3NOS. The number of aliphatic hydroxyl groups is 1. The second-order valence-corrected chi connectivity index (χ2v) is 4.78. The first kappa shape index (κ1) is 13.0. The normalized spacial score (nSPS) is 13.6. The van der Waals surface area contributed by atoms with Crippen LogP contribution in [0.25, 0.3) is 0 Å². The van der Waals surface area contributed by atoms with Gasteiger partial charge in [-0.15, -0.1) is 11.3 Å². The third kappa shape index (κ3) is 3.08. The summed E-state index contributed by atoms with van der Waals surface area (Å²) in [5.74, 6) is 0. The Labute approximate surface area is 106 Å². The van der Waals surface area contributed by atoms with Gasteiger partial charge in [-0.05, 0) is 17.7 Å². The highest BCUT2D eigenvalue weighted by Crippen LogP contribution is 2.30. The Hall–Kier alpha value is -1.40. The smallest absolute Gasteiger partial charge is 0.388 e. The Morgan fingerprint density at radius 3 is 2.39 bits per heavy atom. The number of alkyl halides is 3. The van der Waals surface area contributed by atoms with Crippen LogP contribution in [-0.4, -0.2) is 10.1 Å². The van der Waals surface area contributed by atoms with Crippen LogP contribution >= 0.6 is 11.3 Å². The lowest BCUT2D eigenvalue weighted by Gasteiger charge is -2.11. The highest BCUT2D eigenvalue weighted by atomic mass is 32.1. The quantitative estimate of drug-likeness (QED) is 0.929. The van der Waals surface area contributed by atoms with Gasteiger partial charge < -0.3 is 5.11 Å². The molecule has 0 amide bonds. The molecule has 0 aliphatic rings. The lowest BCUT2D eigenvalue weighted by molar-refractivity contribution is -0.137. The molecule has 0 aliphatic heterocycles. The Morgan fingerprint density at radius 1 is 1.22 bits per heavy atom. The average molecular weight is 273 g/mol. The summed E-state index contributed by atoms with van der Waals surface area (Å²) in [4.78, 5) is 4.77. The molecular weight excluding hydrogens is 263 g/mol. The largest absolute Gasteiger partial charge is 0.416 e. The third-order valence-electron chi connectivity index (χ3n) is 2.50. The van der Waals surface area contributed by atoms with Gasteiger partial charge in [-0.3, -0.25) is 4.98 Å². The van der Waals surface area contributed by atoms with E-state index in [1.165, 1.54) is 23.5 Å². The number of thiazole rings is 1. The van der Waals surface area contributed by atoms with E-state index in [1.54, 1.807) is 11.7 Å². The van der Waals surface area contributed by atoms with Crippen molar-refractivity contribution >= 4 is 11.3 Å². The molecule has 1 heterocycles. The maximum absolute atomic E-state index is 12.4. The molecule has 0 aliphatic carbocycles. The summed E-state index contributed by atoms with van der Waals surface area (Å²) in [5.41, 5.74) is 1.40. The predicted molar refractivity (Wildman–Crippen MR) is 62.2 cm³/mol. The third-order valence-corrected chi connectivity index (χ3v) is 3.30. The summed E-state index contributed by atoms with van der Waals surface area (Å²) in [7, 11) is 0. The van der Waals surface area contributed by atoms with Gasteiger partial charge in [0.25, 0.3) is 0 Å². The highest BCUT2D eigenvalue weighted by Gasteiger charge is 2.30. The van der Waals surface area contributed by atoms with E-state index in [0.717, 1.165) is 17.0 Å². The molecule has 0 spiro atoms. The van der Waals surface area contributed by atoms with Gasteiger partial charge in [-0.1, -0.05) is 12.1 Å². The minimum atomic E-state index is -4.35. The number of aliphatic hydroxyl groups excluding tert-OH is 1. The van der Waals surface area contributed by atoms with Gasteiger partial charge in [0.1, 0.15) is 0 Å². The van der Waals surface area contributed by atoms with Gasteiger partial charge in [0, 0.05) is 17.5 Å². The number of aromatic nitrogens is 1. The zero-order valence-corrected chi connectivity index (χ0v) is 10.0. The van der Waals surface area contributed by atoms with Gasteiger partial charge in [0.15, 0.2) is 0 Å². The second-order valence-electron chi connectivity index (χ2n) is 3.81. The fourth-order valence-corrected chi connectivity index (χ4v) is 2.18. The molecule has 18 heavy (non-hydrogen) atoms. The van der Waals surface area contributed by atoms with E-state index in [4.69, 9.17) is 0 Å².